The van der Waals surface area contributed by atoms with E-state index in [2.05, 4.69) is 28.1 Å². The Kier molecular flexibility index (Phi) is 4.18. The van der Waals surface area contributed by atoms with Crippen LogP contribution in [0.15, 0.2) is 12.3 Å². The van der Waals surface area contributed by atoms with Crippen LogP contribution in [0.5, 0.6) is 0 Å². The maximum atomic E-state index is 5.68. The van der Waals surface area contributed by atoms with Gasteiger partial charge in [-0.2, -0.15) is 5.10 Å². The third kappa shape index (κ3) is 2.69. The Morgan fingerprint density at radius 3 is 2.88 bits per heavy atom. The first-order valence-corrected chi connectivity index (χ1v) is 6.53. The maximum Gasteiger partial charge on any atom is 0.0809 e. The van der Waals surface area contributed by atoms with Gasteiger partial charge in [0.1, 0.15) is 0 Å². The molecule has 2 rings (SSSR count). The van der Waals surface area contributed by atoms with E-state index in [1.165, 1.54) is 18.5 Å². The van der Waals surface area contributed by atoms with Gasteiger partial charge in [0, 0.05) is 19.9 Å². The molecule has 1 heterocycles. The van der Waals surface area contributed by atoms with Crippen LogP contribution in [-0.2, 0) is 11.3 Å². The molecule has 4 heteroatoms. The monoisotopic (exact) mass is 237 g/mol. The fourth-order valence-corrected chi connectivity index (χ4v) is 2.51. The Balaban J connectivity index is 2.17. The first-order valence-electron chi connectivity index (χ1n) is 6.53. The molecule has 17 heavy (non-hydrogen) atoms. The molecule has 4 nitrogen and oxygen atoms in total. The van der Waals surface area contributed by atoms with Gasteiger partial charge in [-0.25, -0.2) is 0 Å². The number of methoxy groups -OCH3 is 1. The van der Waals surface area contributed by atoms with Gasteiger partial charge in [-0.05, 0) is 38.3 Å². The number of aromatic nitrogens is 2. The minimum atomic E-state index is 0.251. The number of aryl methyl sites for hydroxylation is 1. The van der Waals surface area contributed by atoms with Crippen LogP contribution >= 0.6 is 0 Å². The van der Waals surface area contributed by atoms with Gasteiger partial charge >= 0.3 is 0 Å². The molecule has 1 aromatic rings. The highest BCUT2D eigenvalue weighted by molar-refractivity contribution is 5.11. The van der Waals surface area contributed by atoms with Crippen molar-refractivity contribution in [2.45, 2.75) is 44.9 Å². The van der Waals surface area contributed by atoms with E-state index in [-0.39, 0.29) is 12.1 Å². The van der Waals surface area contributed by atoms with Crippen LogP contribution in [0.25, 0.3) is 0 Å². The van der Waals surface area contributed by atoms with Crippen LogP contribution in [0.3, 0.4) is 0 Å². The van der Waals surface area contributed by atoms with Crippen molar-refractivity contribution in [3.63, 3.8) is 0 Å². The Morgan fingerprint density at radius 1 is 1.59 bits per heavy atom. The highest BCUT2D eigenvalue weighted by Gasteiger charge is 2.38. The molecule has 0 amide bonds. The molecule has 0 saturated heterocycles. The molecule has 0 bridgehead atoms. The molecule has 1 aliphatic carbocycles. The predicted octanol–water partition coefficient (Wildman–Crippen LogP) is 1.98. The molecule has 2 atom stereocenters. The van der Waals surface area contributed by atoms with E-state index in [1.807, 2.05) is 20.4 Å². The maximum absolute atomic E-state index is 5.68. The van der Waals surface area contributed by atoms with Crippen LogP contribution in [0.2, 0.25) is 0 Å². The fraction of sp³-hybridized carbons (Fsp3) is 0.769. The zero-order valence-electron chi connectivity index (χ0n) is 11.0. The van der Waals surface area contributed by atoms with E-state index >= 15 is 0 Å². The summed E-state index contributed by atoms with van der Waals surface area (Å²) in [5.74, 6) is 0.711. The van der Waals surface area contributed by atoms with Gasteiger partial charge in [-0.1, -0.05) is 6.92 Å². The van der Waals surface area contributed by atoms with Crippen LogP contribution in [0, 0.1) is 5.92 Å². The summed E-state index contributed by atoms with van der Waals surface area (Å²) >= 11 is 0. The van der Waals surface area contributed by atoms with Gasteiger partial charge in [-0.3, -0.25) is 4.68 Å². The number of likely N-dealkylation sites (N-methyl/N-ethyl adjacent to an activating group) is 1. The molecule has 2 unspecified atom stereocenters. The molecule has 1 saturated carbocycles. The van der Waals surface area contributed by atoms with Gasteiger partial charge in [-0.15, -0.1) is 0 Å². The number of rotatable bonds is 7. The third-order valence-electron chi connectivity index (χ3n) is 3.50. The predicted molar refractivity (Wildman–Crippen MR) is 67.8 cm³/mol. The largest absolute Gasteiger partial charge is 0.379 e. The average Bonchev–Trinajstić information content (AvgIpc) is 3.07. The summed E-state index contributed by atoms with van der Waals surface area (Å²) in [5, 5.41) is 7.78. The summed E-state index contributed by atoms with van der Waals surface area (Å²) < 4.78 is 7.77. The summed E-state index contributed by atoms with van der Waals surface area (Å²) in [6.07, 6.45) is 5.84. The molecule has 1 fully saturated rings. The van der Waals surface area contributed by atoms with E-state index in [4.69, 9.17) is 4.74 Å². The van der Waals surface area contributed by atoms with Gasteiger partial charge in [0.15, 0.2) is 0 Å². The van der Waals surface area contributed by atoms with E-state index in [0.29, 0.717) is 5.92 Å². The number of nitrogens with one attached hydrogen (secondary N) is 1. The number of ether oxygens (including phenoxy) is 1. The van der Waals surface area contributed by atoms with Crippen molar-refractivity contribution >= 4 is 0 Å². The lowest BCUT2D eigenvalue weighted by Crippen LogP contribution is -2.34. The lowest BCUT2D eigenvalue weighted by Gasteiger charge is -2.26. The van der Waals surface area contributed by atoms with Crippen LogP contribution in [-0.4, -0.2) is 30.0 Å². The highest BCUT2D eigenvalue weighted by atomic mass is 16.5. The third-order valence-corrected chi connectivity index (χ3v) is 3.50. The van der Waals surface area contributed by atoms with E-state index < -0.39 is 0 Å². The minimum Gasteiger partial charge on any atom is -0.379 e. The Bertz CT molecular complexity index is 346. The lowest BCUT2D eigenvalue weighted by atomic mass is 10.0. The number of nitrogens with zero attached hydrogens (tertiary/aromatic N) is 2. The van der Waals surface area contributed by atoms with Gasteiger partial charge in [0.25, 0.3) is 0 Å². The summed E-state index contributed by atoms with van der Waals surface area (Å²) in [5.41, 5.74) is 1.24. The van der Waals surface area contributed by atoms with E-state index in [1.54, 1.807) is 0 Å². The molecule has 0 aliphatic heterocycles. The molecule has 0 radical (unpaired) electrons. The second-order valence-corrected chi connectivity index (χ2v) is 4.78. The molecule has 1 aromatic heterocycles. The smallest absolute Gasteiger partial charge is 0.0809 e. The average molecular weight is 237 g/mol. The lowest BCUT2D eigenvalue weighted by molar-refractivity contribution is 0.0503. The number of hydrogen-bond donors (Lipinski definition) is 1. The van der Waals surface area contributed by atoms with Gasteiger partial charge < -0.3 is 10.1 Å². The zero-order chi connectivity index (χ0) is 12.3. The van der Waals surface area contributed by atoms with Crippen molar-refractivity contribution in [3.8, 4) is 0 Å². The zero-order valence-corrected chi connectivity index (χ0v) is 11.0. The second kappa shape index (κ2) is 5.65. The molecule has 96 valence electrons. The molecule has 0 aromatic carbocycles. The van der Waals surface area contributed by atoms with Crippen molar-refractivity contribution in [1.82, 2.24) is 15.1 Å². The molecule has 1 N–H and O–H groups in total. The number of hydrogen-bond acceptors (Lipinski definition) is 3. The van der Waals surface area contributed by atoms with Crippen LogP contribution < -0.4 is 5.32 Å². The molecule has 0 spiro atoms. The standard InChI is InChI=1S/C13H23N3O/c1-4-9-16-11(7-8-15-16)12(14-2)13(17-3)10-5-6-10/h7-8,10,12-14H,4-6,9H2,1-3H3. The van der Waals surface area contributed by atoms with Crippen molar-refractivity contribution in [3.05, 3.63) is 18.0 Å². The van der Waals surface area contributed by atoms with Crippen molar-refractivity contribution in [1.29, 1.82) is 0 Å². The molecule has 1 aliphatic rings. The summed E-state index contributed by atoms with van der Waals surface area (Å²) in [6, 6.07) is 2.35. The van der Waals surface area contributed by atoms with E-state index in [0.717, 1.165) is 13.0 Å². The van der Waals surface area contributed by atoms with Crippen molar-refractivity contribution in [2.24, 2.45) is 5.92 Å². The Morgan fingerprint density at radius 2 is 2.35 bits per heavy atom. The summed E-state index contributed by atoms with van der Waals surface area (Å²) in [7, 11) is 3.82. The molecular formula is C13H23N3O. The van der Waals surface area contributed by atoms with Gasteiger partial charge in [0.05, 0.1) is 17.8 Å². The molecular weight excluding hydrogens is 214 g/mol. The SMILES string of the molecule is CCCn1nccc1C(NC)C(OC)C1CC1. The summed E-state index contributed by atoms with van der Waals surface area (Å²) in [4.78, 5) is 0. The van der Waals surface area contributed by atoms with Crippen molar-refractivity contribution in [2.75, 3.05) is 14.2 Å². The minimum absolute atomic E-state index is 0.251. The highest BCUT2D eigenvalue weighted by Crippen LogP contribution is 2.39. The van der Waals surface area contributed by atoms with Crippen LogP contribution in [0.4, 0.5) is 0 Å². The van der Waals surface area contributed by atoms with E-state index in [9.17, 15) is 0 Å². The van der Waals surface area contributed by atoms with Gasteiger partial charge in [0.2, 0.25) is 0 Å². The topological polar surface area (TPSA) is 39.1 Å². The second-order valence-electron chi connectivity index (χ2n) is 4.78. The first kappa shape index (κ1) is 12.6. The summed E-state index contributed by atoms with van der Waals surface area (Å²) in [6.45, 7) is 3.15. The van der Waals surface area contributed by atoms with Crippen molar-refractivity contribution < 1.29 is 4.74 Å². The Labute approximate surface area is 103 Å². The fourth-order valence-electron chi connectivity index (χ4n) is 2.51. The first-order chi connectivity index (χ1) is 8.31. The van der Waals surface area contributed by atoms with Crippen LogP contribution in [0.1, 0.15) is 37.9 Å². The quantitative estimate of drug-likeness (QED) is 0.788. The Hall–Kier alpha value is -0.870. The normalized spacial score (nSPS) is 19.2.